The largest absolute Gasteiger partial charge is 0.507 e. The van der Waals surface area contributed by atoms with Crippen molar-refractivity contribution in [3.05, 3.63) is 53.1 Å². The molecule has 0 aliphatic heterocycles. The number of nitrogens with one attached hydrogen (secondary N) is 1. The highest BCUT2D eigenvalue weighted by Crippen LogP contribution is 2.27. The minimum atomic E-state index is -1.24. The third-order valence-electron chi connectivity index (χ3n) is 3.66. The zero-order valence-electron chi connectivity index (χ0n) is 14.4. The van der Waals surface area contributed by atoms with E-state index < -0.39 is 17.6 Å². The molecule has 25 heavy (non-hydrogen) atoms. The highest BCUT2D eigenvalue weighted by Gasteiger charge is 2.13. The Morgan fingerprint density at radius 1 is 1.16 bits per heavy atom. The number of carbonyl (C=O) groups excluding carboxylic acids is 1. The summed E-state index contributed by atoms with van der Waals surface area (Å²) in [6, 6.07) is 9.69. The minimum Gasteiger partial charge on any atom is -0.507 e. The molecule has 1 amide bonds. The molecule has 132 valence electrons. The van der Waals surface area contributed by atoms with Gasteiger partial charge in [0.15, 0.2) is 6.61 Å². The van der Waals surface area contributed by atoms with E-state index in [4.69, 9.17) is 9.84 Å². The SMILES string of the molecule is Cc1ccc(C(C)C)c(OCC(=O)Nc2ccc(C(=O)O)c(O)c2)c1. The molecule has 0 spiro atoms. The van der Waals surface area contributed by atoms with E-state index in [1.807, 2.05) is 39.0 Å². The molecule has 0 atom stereocenters. The van der Waals surface area contributed by atoms with Gasteiger partial charge in [-0.05, 0) is 42.2 Å². The number of carboxylic acid groups (broad SMARTS) is 1. The molecule has 3 N–H and O–H groups in total. The average Bonchev–Trinajstić information content (AvgIpc) is 2.52. The Hall–Kier alpha value is -3.02. The zero-order chi connectivity index (χ0) is 18.6. The Balaban J connectivity index is 2.03. The summed E-state index contributed by atoms with van der Waals surface area (Å²) in [6.07, 6.45) is 0. The van der Waals surface area contributed by atoms with Gasteiger partial charge in [-0.3, -0.25) is 4.79 Å². The van der Waals surface area contributed by atoms with Gasteiger partial charge >= 0.3 is 5.97 Å². The predicted molar refractivity (Wildman–Crippen MR) is 94.5 cm³/mol. The second-order valence-electron chi connectivity index (χ2n) is 6.07. The number of rotatable bonds is 6. The fourth-order valence-electron chi connectivity index (χ4n) is 2.37. The maximum atomic E-state index is 12.0. The fourth-order valence-corrected chi connectivity index (χ4v) is 2.37. The lowest BCUT2D eigenvalue weighted by Gasteiger charge is -2.15. The van der Waals surface area contributed by atoms with E-state index in [1.54, 1.807) is 0 Å². The number of aryl methyl sites for hydroxylation is 1. The van der Waals surface area contributed by atoms with Crippen molar-refractivity contribution in [1.29, 1.82) is 0 Å². The molecule has 0 aliphatic rings. The third kappa shape index (κ3) is 4.73. The van der Waals surface area contributed by atoms with Crippen molar-refractivity contribution in [2.24, 2.45) is 0 Å². The summed E-state index contributed by atoms with van der Waals surface area (Å²) in [5, 5.41) is 21.1. The molecule has 0 heterocycles. The first-order valence-electron chi connectivity index (χ1n) is 7.87. The monoisotopic (exact) mass is 343 g/mol. The lowest BCUT2D eigenvalue weighted by molar-refractivity contribution is -0.118. The number of aromatic carboxylic acids is 1. The number of ether oxygens (including phenoxy) is 1. The van der Waals surface area contributed by atoms with E-state index in [-0.39, 0.29) is 18.1 Å². The molecule has 2 aromatic carbocycles. The molecule has 0 radical (unpaired) electrons. The van der Waals surface area contributed by atoms with Crippen molar-refractivity contribution in [2.75, 3.05) is 11.9 Å². The molecule has 0 unspecified atom stereocenters. The lowest BCUT2D eigenvalue weighted by atomic mass is 10.0. The first kappa shape index (κ1) is 18.3. The second-order valence-corrected chi connectivity index (χ2v) is 6.07. The van der Waals surface area contributed by atoms with Crippen LogP contribution in [0.1, 0.15) is 41.3 Å². The second kappa shape index (κ2) is 7.70. The number of hydrogen-bond acceptors (Lipinski definition) is 4. The quantitative estimate of drug-likeness (QED) is 0.745. The van der Waals surface area contributed by atoms with Crippen molar-refractivity contribution in [2.45, 2.75) is 26.7 Å². The number of benzene rings is 2. The number of hydrogen-bond donors (Lipinski definition) is 3. The highest BCUT2D eigenvalue weighted by atomic mass is 16.5. The Kier molecular flexibility index (Phi) is 5.64. The van der Waals surface area contributed by atoms with Crippen molar-refractivity contribution < 1.29 is 24.5 Å². The maximum absolute atomic E-state index is 12.0. The molecule has 6 nitrogen and oxygen atoms in total. The summed E-state index contributed by atoms with van der Waals surface area (Å²) in [6.45, 7) is 5.85. The highest BCUT2D eigenvalue weighted by molar-refractivity contribution is 5.95. The predicted octanol–water partition coefficient (Wildman–Crippen LogP) is 3.54. The number of phenols is 1. The van der Waals surface area contributed by atoms with Crippen LogP contribution in [0.25, 0.3) is 0 Å². The Bertz CT molecular complexity index is 798. The molecule has 2 rings (SSSR count). The molecular weight excluding hydrogens is 322 g/mol. The minimum absolute atomic E-state index is 0.190. The summed E-state index contributed by atoms with van der Waals surface area (Å²) in [7, 11) is 0. The summed E-state index contributed by atoms with van der Waals surface area (Å²) >= 11 is 0. The summed E-state index contributed by atoms with van der Waals surface area (Å²) in [5.41, 5.74) is 2.12. The van der Waals surface area contributed by atoms with Crippen LogP contribution >= 0.6 is 0 Å². The number of anilines is 1. The molecule has 6 heteroatoms. The van der Waals surface area contributed by atoms with E-state index >= 15 is 0 Å². The van der Waals surface area contributed by atoms with Gasteiger partial charge in [-0.15, -0.1) is 0 Å². The topological polar surface area (TPSA) is 95.9 Å². The van der Waals surface area contributed by atoms with Crippen LogP contribution in [0, 0.1) is 6.92 Å². The summed E-state index contributed by atoms with van der Waals surface area (Å²) in [4.78, 5) is 22.9. The van der Waals surface area contributed by atoms with Gasteiger partial charge in [-0.2, -0.15) is 0 Å². The Morgan fingerprint density at radius 2 is 1.88 bits per heavy atom. The van der Waals surface area contributed by atoms with Crippen LogP contribution in [0.2, 0.25) is 0 Å². The maximum Gasteiger partial charge on any atom is 0.339 e. The van der Waals surface area contributed by atoms with Crippen LogP contribution in [0.15, 0.2) is 36.4 Å². The number of amides is 1. The molecule has 0 saturated carbocycles. The van der Waals surface area contributed by atoms with E-state index in [1.165, 1.54) is 18.2 Å². The third-order valence-corrected chi connectivity index (χ3v) is 3.66. The molecule has 0 fully saturated rings. The van der Waals surface area contributed by atoms with Gasteiger partial charge in [-0.1, -0.05) is 26.0 Å². The smallest absolute Gasteiger partial charge is 0.339 e. The molecule has 0 saturated heterocycles. The van der Waals surface area contributed by atoms with Gasteiger partial charge in [0.05, 0.1) is 0 Å². The van der Waals surface area contributed by atoms with Crippen molar-refractivity contribution in [1.82, 2.24) is 0 Å². The van der Waals surface area contributed by atoms with Crippen molar-refractivity contribution in [3.8, 4) is 11.5 Å². The Morgan fingerprint density at radius 3 is 2.48 bits per heavy atom. The number of carboxylic acids is 1. The first-order valence-corrected chi connectivity index (χ1v) is 7.87. The van der Waals surface area contributed by atoms with Gasteiger partial charge in [0, 0.05) is 11.8 Å². The Labute approximate surface area is 146 Å². The molecular formula is C19H21NO5. The van der Waals surface area contributed by atoms with Crippen LogP contribution < -0.4 is 10.1 Å². The van der Waals surface area contributed by atoms with Crippen LogP contribution in [0.5, 0.6) is 11.5 Å². The fraction of sp³-hybridized carbons (Fsp3) is 0.263. The van der Waals surface area contributed by atoms with Gasteiger partial charge < -0.3 is 20.3 Å². The van der Waals surface area contributed by atoms with Crippen LogP contribution in [-0.4, -0.2) is 28.7 Å². The van der Waals surface area contributed by atoms with E-state index in [2.05, 4.69) is 5.32 Å². The number of carbonyl (C=O) groups is 2. The number of aromatic hydroxyl groups is 1. The van der Waals surface area contributed by atoms with Crippen LogP contribution in [0.4, 0.5) is 5.69 Å². The van der Waals surface area contributed by atoms with Gasteiger partial charge in [0.1, 0.15) is 17.1 Å². The molecule has 2 aromatic rings. The van der Waals surface area contributed by atoms with Crippen molar-refractivity contribution in [3.63, 3.8) is 0 Å². The van der Waals surface area contributed by atoms with Crippen LogP contribution in [0.3, 0.4) is 0 Å². The van der Waals surface area contributed by atoms with E-state index in [9.17, 15) is 14.7 Å². The van der Waals surface area contributed by atoms with Crippen molar-refractivity contribution >= 4 is 17.6 Å². The molecule has 0 aliphatic carbocycles. The standard InChI is InChI=1S/C19H21NO5/c1-11(2)14-6-4-12(3)8-17(14)25-10-18(22)20-13-5-7-15(19(23)24)16(21)9-13/h4-9,11,21H,10H2,1-3H3,(H,20,22)(H,23,24). The summed E-state index contributed by atoms with van der Waals surface area (Å²) in [5.74, 6) is -1.13. The zero-order valence-corrected chi connectivity index (χ0v) is 14.4. The van der Waals surface area contributed by atoms with Gasteiger partial charge in [-0.25, -0.2) is 4.79 Å². The molecule has 0 bridgehead atoms. The van der Waals surface area contributed by atoms with E-state index in [0.29, 0.717) is 11.4 Å². The molecule has 0 aromatic heterocycles. The van der Waals surface area contributed by atoms with Crippen LogP contribution in [-0.2, 0) is 4.79 Å². The first-order chi connectivity index (χ1) is 11.8. The lowest BCUT2D eigenvalue weighted by Crippen LogP contribution is -2.20. The van der Waals surface area contributed by atoms with Gasteiger partial charge in [0.25, 0.3) is 5.91 Å². The van der Waals surface area contributed by atoms with E-state index in [0.717, 1.165) is 11.1 Å². The summed E-state index contributed by atoms with van der Waals surface area (Å²) < 4.78 is 5.64. The normalized spacial score (nSPS) is 10.6. The average molecular weight is 343 g/mol. The van der Waals surface area contributed by atoms with Gasteiger partial charge in [0.2, 0.25) is 0 Å².